The van der Waals surface area contributed by atoms with E-state index in [0.717, 1.165) is 18.2 Å². The van der Waals surface area contributed by atoms with Crippen molar-refractivity contribution < 1.29 is 18.7 Å². The Morgan fingerprint density at radius 1 is 1.17 bits per heavy atom. The van der Waals surface area contributed by atoms with Gasteiger partial charge in [-0.15, -0.1) is 5.10 Å². The highest BCUT2D eigenvalue weighted by atomic mass is 19.1. The summed E-state index contributed by atoms with van der Waals surface area (Å²) < 4.78 is 27.8. The Balaban J connectivity index is 2.08. The first-order valence-corrected chi connectivity index (χ1v) is 6.58. The zero-order valence-electron chi connectivity index (χ0n) is 11.6. The number of carbonyl (C=O) groups is 1. The average Bonchev–Trinajstić information content (AvgIpc) is 2.91. The largest absolute Gasteiger partial charge is 0.476 e. The van der Waals surface area contributed by atoms with E-state index in [1.165, 1.54) is 10.9 Å². The zero-order valence-corrected chi connectivity index (χ0v) is 11.6. The van der Waals surface area contributed by atoms with Crippen molar-refractivity contribution in [3.63, 3.8) is 0 Å². The Morgan fingerprint density at radius 2 is 1.91 bits per heavy atom. The smallest absolute Gasteiger partial charge is 0.358 e. The van der Waals surface area contributed by atoms with Gasteiger partial charge in [0.1, 0.15) is 17.3 Å². The van der Waals surface area contributed by atoms with Gasteiger partial charge in [0, 0.05) is 12.3 Å². The lowest BCUT2D eigenvalue weighted by molar-refractivity contribution is 0.0691. The molecule has 8 heteroatoms. The lowest BCUT2D eigenvalue weighted by atomic mass is 10.2. The Kier molecular flexibility index (Phi) is 3.80. The first kappa shape index (κ1) is 14.8. The minimum absolute atomic E-state index is 0.0408. The molecule has 1 N–H and O–H groups in total. The number of carboxylic acid groups (broad SMARTS) is 1. The number of carboxylic acids is 1. The molecule has 0 atom stereocenters. The highest BCUT2D eigenvalue weighted by Gasteiger charge is 2.21. The van der Waals surface area contributed by atoms with Crippen LogP contribution < -0.4 is 0 Å². The van der Waals surface area contributed by atoms with Crippen LogP contribution in [0.3, 0.4) is 0 Å². The topological polar surface area (TPSA) is 80.9 Å². The van der Waals surface area contributed by atoms with E-state index in [2.05, 4.69) is 15.3 Å². The van der Waals surface area contributed by atoms with Crippen molar-refractivity contribution in [3.8, 4) is 11.4 Å². The van der Waals surface area contributed by atoms with Crippen LogP contribution in [0, 0.1) is 11.6 Å². The van der Waals surface area contributed by atoms with Crippen LogP contribution >= 0.6 is 0 Å². The number of aromatic nitrogens is 4. The maximum absolute atomic E-state index is 13.3. The standard InChI is InChI=1S/C15H10F2N4O2/c16-10-5-9(6-11(17)7-10)8-21-14(12-3-1-2-4-18-12)13(15(22)23)19-20-21/h1-7H,8H2,(H,22,23). The summed E-state index contributed by atoms with van der Waals surface area (Å²) in [6.07, 6.45) is 1.50. The third kappa shape index (κ3) is 3.05. The molecule has 0 bridgehead atoms. The second-order valence-electron chi connectivity index (χ2n) is 4.74. The minimum Gasteiger partial charge on any atom is -0.476 e. The fraction of sp³-hybridized carbons (Fsp3) is 0.0667. The number of nitrogens with zero attached hydrogens (tertiary/aromatic N) is 4. The van der Waals surface area contributed by atoms with Gasteiger partial charge in [-0.2, -0.15) is 0 Å². The van der Waals surface area contributed by atoms with E-state index in [1.807, 2.05) is 0 Å². The molecular weight excluding hydrogens is 306 g/mol. The zero-order chi connectivity index (χ0) is 16.4. The van der Waals surface area contributed by atoms with Crippen LogP contribution in [-0.2, 0) is 6.54 Å². The van der Waals surface area contributed by atoms with Crippen LogP contribution in [0.5, 0.6) is 0 Å². The highest BCUT2D eigenvalue weighted by molar-refractivity contribution is 5.92. The normalized spacial score (nSPS) is 10.7. The summed E-state index contributed by atoms with van der Waals surface area (Å²) in [6.45, 7) is -0.0408. The van der Waals surface area contributed by atoms with Crippen LogP contribution in [0.1, 0.15) is 16.1 Å². The maximum Gasteiger partial charge on any atom is 0.358 e. The number of hydrogen-bond donors (Lipinski definition) is 1. The van der Waals surface area contributed by atoms with E-state index in [1.54, 1.807) is 18.2 Å². The van der Waals surface area contributed by atoms with Crippen molar-refractivity contribution in [3.05, 3.63) is 65.5 Å². The first-order chi connectivity index (χ1) is 11.0. The molecule has 3 aromatic rings. The van der Waals surface area contributed by atoms with Gasteiger partial charge in [-0.1, -0.05) is 11.3 Å². The molecule has 2 aromatic heterocycles. The predicted octanol–water partition coefficient (Wildman–Crippen LogP) is 2.36. The van der Waals surface area contributed by atoms with E-state index in [-0.39, 0.29) is 17.9 Å². The molecule has 2 heterocycles. The van der Waals surface area contributed by atoms with Gasteiger partial charge in [-0.25, -0.2) is 18.3 Å². The maximum atomic E-state index is 13.3. The minimum atomic E-state index is -1.26. The second kappa shape index (κ2) is 5.91. The van der Waals surface area contributed by atoms with Gasteiger partial charge in [-0.3, -0.25) is 4.98 Å². The molecule has 6 nitrogen and oxygen atoms in total. The molecule has 3 rings (SSSR count). The van der Waals surface area contributed by atoms with E-state index in [4.69, 9.17) is 0 Å². The van der Waals surface area contributed by atoms with Crippen molar-refractivity contribution >= 4 is 5.97 Å². The van der Waals surface area contributed by atoms with E-state index in [9.17, 15) is 18.7 Å². The Morgan fingerprint density at radius 3 is 2.52 bits per heavy atom. The number of rotatable bonds is 4. The molecule has 0 aliphatic carbocycles. The first-order valence-electron chi connectivity index (χ1n) is 6.58. The molecule has 0 amide bonds. The van der Waals surface area contributed by atoms with Gasteiger partial charge in [0.05, 0.1) is 12.2 Å². The van der Waals surface area contributed by atoms with Crippen LogP contribution in [-0.4, -0.2) is 31.1 Å². The van der Waals surface area contributed by atoms with Crippen LogP contribution in [0.4, 0.5) is 8.78 Å². The van der Waals surface area contributed by atoms with E-state index < -0.39 is 17.6 Å². The molecule has 0 spiro atoms. The molecule has 0 saturated heterocycles. The number of hydrogen-bond acceptors (Lipinski definition) is 4. The number of pyridine rings is 1. The van der Waals surface area contributed by atoms with Gasteiger partial charge in [0.2, 0.25) is 0 Å². The van der Waals surface area contributed by atoms with Crippen molar-refractivity contribution in [2.24, 2.45) is 0 Å². The SMILES string of the molecule is O=C(O)c1nnn(Cc2cc(F)cc(F)c2)c1-c1ccccn1. The molecule has 116 valence electrons. The van der Waals surface area contributed by atoms with Crippen LogP contribution in [0.15, 0.2) is 42.6 Å². The molecule has 0 radical (unpaired) electrons. The van der Waals surface area contributed by atoms with Gasteiger partial charge >= 0.3 is 5.97 Å². The quantitative estimate of drug-likeness (QED) is 0.799. The van der Waals surface area contributed by atoms with E-state index >= 15 is 0 Å². The Bertz CT molecular complexity index is 845. The Labute approximate surface area is 129 Å². The third-order valence-electron chi connectivity index (χ3n) is 3.10. The molecule has 23 heavy (non-hydrogen) atoms. The molecular formula is C15H10F2N4O2. The van der Waals surface area contributed by atoms with Gasteiger partial charge in [0.15, 0.2) is 5.69 Å². The fourth-order valence-corrected chi connectivity index (χ4v) is 2.20. The second-order valence-corrected chi connectivity index (χ2v) is 4.74. The fourth-order valence-electron chi connectivity index (χ4n) is 2.20. The molecule has 1 aromatic carbocycles. The van der Waals surface area contributed by atoms with Gasteiger partial charge < -0.3 is 5.11 Å². The average molecular weight is 316 g/mol. The van der Waals surface area contributed by atoms with Gasteiger partial charge in [-0.05, 0) is 29.8 Å². The molecule has 0 fully saturated rings. The Hall–Kier alpha value is -3.16. The molecule has 0 saturated carbocycles. The van der Waals surface area contributed by atoms with Crippen LogP contribution in [0.2, 0.25) is 0 Å². The molecule has 0 aliphatic heterocycles. The lowest BCUT2D eigenvalue weighted by Crippen LogP contribution is -2.07. The molecule has 0 aliphatic rings. The third-order valence-corrected chi connectivity index (χ3v) is 3.10. The number of halogens is 2. The number of benzene rings is 1. The van der Waals surface area contributed by atoms with Gasteiger partial charge in [0.25, 0.3) is 0 Å². The monoisotopic (exact) mass is 316 g/mol. The molecule has 0 unspecified atom stereocenters. The highest BCUT2D eigenvalue weighted by Crippen LogP contribution is 2.21. The predicted molar refractivity (Wildman–Crippen MR) is 75.7 cm³/mol. The summed E-state index contributed by atoms with van der Waals surface area (Å²) in [7, 11) is 0. The van der Waals surface area contributed by atoms with E-state index in [0.29, 0.717) is 11.3 Å². The van der Waals surface area contributed by atoms with Crippen molar-refractivity contribution in [2.75, 3.05) is 0 Å². The van der Waals surface area contributed by atoms with Crippen molar-refractivity contribution in [1.29, 1.82) is 0 Å². The van der Waals surface area contributed by atoms with Crippen molar-refractivity contribution in [1.82, 2.24) is 20.0 Å². The van der Waals surface area contributed by atoms with Crippen molar-refractivity contribution in [2.45, 2.75) is 6.54 Å². The summed E-state index contributed by atoms with van der Waals surface area (Å²) in [5, 5.41) is 16.6. The summed E-state index contributed by atoms with van der Waals surface area (Å²) in [5.74, 6) is -2.71. The van der Waals surface area contributed by atoms with Crippen LogP contribution in [0.25, 0.3) is 11.4 Å². The lowest BCUT2D eigenvalue weighted by Gasteiger charge is -2.07. The summed E-state index contributed by atoms with van der Waals surface area (Å²) in [4.78, 5) is 15.4. The summed E-state index contributed by atoms with van der Waals surface area (Å²) >= 11 is 0. The summed E-state index contributed by atoms with van der Waals surface area (Å²) in [6, 6.07) is 8.02. The number of aromatic carboxylic acids is 1. The summed E-state index contributed by atoms with van der Waals surface area (Å²) in [5.41, 5.74) is 0.539.